The Bertz CT molecular complexity index is 337. The standard InChI is InChI=1S/C17H34N4O.HI/c1-17(7-4-2-3-5-8-17)15-20-16(18)19-9-6-10-21-11-13-22-14-12-21;/h2-15H2,1H3,(H3,18,19,20);1H. The second-order valence-corrected chi connectivity index (χ2v) is 7.16. The Kier molecular flexibility index (Phi) is 10.5. The molecule has 1 saturated heterocycles. The van der Waals surface area contributed by atoms with Gasteiger partial charge in [-0.05, 0) is 31.2 Å². The third kappa shape index (κ3) is 8.54. The highest BCUT2D eigenvalue weighted by Crippen LogP contribution is 2.34. The van der Waals surface area contributed by atoms with Crippen molar-refractivity contribution < 1.29 is 4.74 Å². The van der Waals surface area contributed by atoms with Crippen molar-refractivity contribution in [1.82, 2.24) is 10.2 Å². The summed E-state index contributed by atoms with van der Waals surface area (Å²) in [6.45, 7) is 9.11. The molecule has 0 bridgehead atoms. The van der Waals surface area contributed by atoms with Gasteiger partial charge in [-0.3, -0.25) is 9.89 Å². The van der Waals surface area contributed by atoms with Gasteiger partial charge in [0.15, 0.2) is 5.96 Å². The number of nitrogens with zero attached hydrogens (tertiary/aromatic N) is 2. The molecular weight excluding hydrogens is 403 g/mol. The van der Waals surface area contributed by atoms with Crippen molar-refractivity contribution in [3.63, 3.8) is 0 Å². The van der Waals surface area contributed by atoms with Crippen LogP contribution >= 0.6 is 24.0 Å². The zero-order valence-electron chi connectivity index (χ0n) is 14.7. The maximum atomic E-state index is 6.01. The lowest BCUT2D eigenvalue weighted by Crippen LogP contribution is -2.39. The SMILES string of the molecule is CC1(CN=C(N)NCCCN2CCOCC2)CCCCCC1.I. The summed E-state index contributed by atoms with van der Waals surface area (Å²) in [5.41, 5.74) is 6.37. The highest BCUT2D eigenvalue weighted by Gasteiger charge is 2.25. The van der Waals surface area contributed by atoms with Crippen molar-refractivity contribution in [3.05, 3.63) is 0 Å². The average Bonchev–Trinajstić information content (AvgIpc) is 2.76. The molecule has 1 aliphatic carbocycles. The molecule has 0 aromatic carbocycles. The Morgan fingerprint density at radius 2 is 1.83 bits per heavy atom. The van der Waals surface area contributed by atoms with Crippen LogP contribution in [0.1, 0.15) is 51.9 Å². The quantitative estimate of drug-likeness (QED) is 0.220. The van der Waals surface area contributed by atoms with Crippen molar-refractivity contribution in [3.8, 4) is 0 Å². The minimum absolute atomic E-state index is 0. The lowest BCUT2D eigenvalue weighted by molar-refractivity contribution is 0.0376. The van der Waals surface area contributed by atoms with Crippen LogP contribution in [-0.2, 0) is 4.74 Å². The fourth-order valence-electron chi connectivity index (χ4n) is 3.42. The molecule has 0 radical (unpaired) electrons. The van der Waals surface area contributed by atoms with Gasteiger partial charge in [0.2, 0.25) is 0 Å². The predicted octanol–water partition coefficient (Wildman–Crippen LogP) is 2.59. The van der Waals surface area contributed by atoms with Crippen molar-refractivity contribution >= 4 is 29.9 Å². The van der Waals surface area contributed by atoms with Gasteiger partial charge in [-0.1, -0.05) is 32.6 Å². The van der Waals surface area contributed by atoms with E-state index in [1.165, 1.54) is 38.5 Å². The Morgan fingerprint density at radius 1 is 1.17 bits per heavy atom. The summed E-state index contributed by atoms with van der Waals surface area (Å²) in [4.78, 5) is 7.04. The first kappa shape index (κ1) is 21.0. The van der Waals surface area contributed by atoms with Crippen LogP contribution in [0.5, 0.6) is 0 Å². The van der Waals surface area contributed by atoms with Crippen LogP contribution in [0.3, 0.4) is 0 Å². The summed E-state index contributed by atoms with van der Waals surface area (Å²) >= 11 is 0. The van der Waals surface area contributed by atoms with E-state index in [4.69, 9.17) is 10.5 Å². The molecule has 136 valence electrons. The molecule has 2 aliphatic rings. The Morgan fingerprint density at radius 3 is 2.48 bits per heavy atom. The van der Waals surface area contributed by atoms with Crippen LogP contribution in [-0.4, -0.2) is 56.8 Å². The minimum atomic E-state index is 0. The number of nitrogens with one attached hydrogen (secondary N) is 1. The summed E-state index contributed by atoms with van der Waals surface area (Å²) in [6.07, 6.45) is 9.15. The van der Waals surface area contributed by atoms with E-state index in [0.29, 0.717) is 11.4 Å². The molecule has 6 heteroatoms. The molecule has 2 fully saturated rings. The molecule has 2 rings (SSSR count). The normalized spacial score (nSPS) is 22.9. The molecule has 23 heavy (non-hydrogen) atoms. The highest BCUT2D eigenvalue weighted by atomic mass is 127. The van der Waals surface area contributed by atoms with Crippen LogP contribution in [0, 0.1) is 5.41 Å². The first-order chi connectivity index (χ1) is 10.7. The van der Waals surface area contributed by atoms with E-state index in [2.05, 4.69) is 22.1 Å². The number of hydrogen-bond donors (Lipinski definition) is 2. The largest absolute Gasteiger partial charge is 0.379 e. The zero-order chi connectivity index (χ0) is 15.7. The average molecular weight is 438 g/mol. The van der Waals surface area contributed by atoms with Crippen LogP contribution in [0.15, 0.2) is 4.99 Å². The molecular formula is C17H35IN4O. The number of hydrogen-bond acceptors (Lipinski definition) is 3. The van der Waals surface area contributed by atoms with Gasteiger partial charge in [-0.15, -0.1) is 24.0 Å². The van der Waals surface area contributed by atoms with E-state index in [0.717, 1.165) is 52.4 Å². The molecule has 3 N–H and O–H groups in total. The third-order valence-corrected chi connectivity index (χ3v) is 5.00. The molecule has 1 heterocycles. The van der Waals surface area contributed by atoms with Crippen molar-refractivity contribution in [1.29, 1.82) is 0 Å². The molecule has 0 unspecified atom stereocenters. The minimum Gasteiger partial charge on any atom is -0.379 e. The second kappa shape index (κ2) is 11.5. The van der Waals surface area contributed by atoms with Crippen molar-refractivity contribution in [2.24, 2.45) is 16.1 Å². The Labute approximate surface area is 158 Å². The van der Waals surface area contributed by atoms with Gasteiger partial charge in [0.25, 0.3) is 0 Å². The highest BCUT2D eigenvalue weighted by molar-refractivity contribution is 14.0. The molecule has 1 saturated carbocycles. The monoisotopic (exact) mass is 438 g/mol. The van der Waals surface area contributed by atoms with Gasteiger partial charge in [-0.2, -0.15) is 0 Å². The summed E-state index contributed by atoms with van der Waals surface area (Å²) in [5.74, 6) is 0.618. The summed E-state index contributed by atoms with van der Waals surface area (Å²) in [6, 6.07) is 0. The van der Waals surface area contributed by atoms with Gasteiger partial charge in [0.1, 0.15) is 0 Å². The van der Waals surface area contributed by atoms with Crippen LogP contribution in [0.2, 0.25) is 0 Å². The predicted molar refractivity (Wildman–Crippen MR) is 108 cm³/mol. The molecule has 0 atom stereocenters. The van der Waals surface area contributed by atoms with E-state index < -0.39 is 0 Å². The lowest BCUT2D eigenvalue weighted by atomic mass is 9.83. The van der Waals surface area contributed by atoms with Gasteiger partial charge in [-0.25, -0.2) is 0 Å². The van der Waals surface area contributed by atoms with Crippen LogP contribution in [0.4, 0.5) is 0 Å². The topological polar surface area (TPSA) is 62.9 Å². The van der Waals surface area contributed by atoms with Crippen LogP contribution < -0.4 is 11.1 Å². The van der Waals surface area contributed by atoms with Crippen molar-refractivity contribution in [2.75, 3.05) is 45.9 Å². The van der Waals surface area contributed by atoms with Gasteiger partial charge in [0, 0.05) is 26.2 Å². The third-order valence-electron chi connectivity index (χ3n) is 5.00. The van der Waals surface area contributed by atoms with Crippen LogP contribution in [0.25, 0.3) is 0 Å². The van der Waals surface area contributed by atoms with E-state index in [-0.39, 0.29) is 24.0 Å². The number of guanidine groups is 1. The number of aliphatic imine (C=N–C) groups is 1. The molecule has 0 spiro atoms. The molecule has 1 aliphatic heterocycles. The lowest BCUT2D eigenvalue weighted by Gasteiger charge is -2.27. The van der Waals surface area contributed by atoms with Gasteiger partial charge in [0.05, 0.1) is 13.2 Å². The van der Waals surface area contributed by atoms with E-state index >= 15 is 0 Å². The Hall–Kier alpha value is -0.0800. The summed E-state index contributed by atoms with van der Waals surface area (Å²) < 4.78 is 5.36. The molecule has 0 aromatic heterocycles. The van der Waals surface area contributed by atoms with E-state index in [1.54, 1.807) is 0 Å². The second-order valence-electron chi connectivity index (χ2n) is 7.16. The molecule has 5 nitrogen and oxygen atoms in total. The summed E-state index contributed by atoms with van der Waals surface area (Å²) in [5, 5.41) is 3.26. The smallest absolute Gasteiger partial charge is 0.188 e. The fraction of sp³-hybridized carbons (Fsp3) is 0.941. The fourth-order valence-corrected chi connectivity index (χ4v) is 3.42. The maximum absolute atomic E-state index is 6.01. The first-order valence-corrected chi connectivity index (χ1v) is 9.02. The summed E-state index contributed by atoms with van der Waals surface area (Å²) in [7, 11) is 0. The van der Waals surface area contributed by atoms with Crippen molar-refractivity contribution in [2.45, 2.75) is 51.9 Å². The molecule has 0 amide bonds. The van der Waals surface area contributed by atoms with Gasteiger partial charge < -0.3 is 15.8 Å². The van der Waals surface area contributed by atoms with Gasteiger partial charge >= 0.3 is 0 Å². The number of ether oxygens (including phenoxy) is 1. The number of rotatable bonds is 6. The number of halogens is 1. The number of nitrogens with two attached hydrogens (primary N) is 1. The maximum Gasteiger partial charge on any atom is 0.188 e. The zero-order valence-corrected chi connectivity index (χ0v) is 17.0. The Balaban J connectivity index is 0.00000264. The van der Waals surface area contributed by atoms with E-state index in [9.17, 15) is 0 Å². The van der Waals surface area contributed by atoms with E-state index in [1.807, 2.05) is 0 Å². The number of morpholine rings is 1. The first-order valence-electron chi connectivity index (χ1n) is 9.02. The molecule has 0 aromatic rings.